The van der Waals surface area contributed by atoms with Crippen LogP contribution < -0.4 is 14.3 Å². The first-order valence-corrected chi connectivity index (χ1v) is 12.3. The van der Waals surface area contributed by atoms with Gasteiger partial charge in [0.1, 0.15) is 6.54 Å². The summed E-state index contributed by atoms with van der Waals surface area (Å²) in [5, 5.41) is 0. The van der Waals surface area contributed by atoms with Crippen LogP contribution >= 0.6 is 11.3 Å². The molecule has 0 bridgehead atoms. The number of ether oxygens (including phenoxy) is 3. The second kappa shape index (κ2) is 9.13. The Balaban J connectivity index is 1.58. The summed E-state index contributed by atoms with van der Waals surface area (Å²) < 4.78 is 42.6. The highest BCUT2D eigenvalue weighted by Gasteiger charge is 2.20. The van der Waals surface area contributed by atoms with Crippen molar-refractivity contribution >= 4 is 43.3 Å². The minimum absolute atomic E-state index is 0.108. The van der Waals surface area contributed by atoms with Crippen molar-refractivity contribution in [1.29, 1.82) is 0 Å². The number of fused-ring (bicyclic) bond motifs is 2. The Morgan fingerprint density at radius 1 is 1.16 bits per heavy atom. The Kier molecular flexibility index (Phi) is 6.28. The van der Waals surface area contributed by atoms with E-state index in [4.69, 9.17) is 14.2 Å². The molecule has 0 spiro atoms. The summed E-state index contributed by atoms with van der Waals surface area (Å²) in [6.45, 7) is -0.0503. The Hall–Kier alpha value is -3.18. The average molecular weight is 477 g/mol. The zero-order valence-corrected chi connectivity index (χ0v) is 18.8. The highest BCUT2D eigenvalue weighted by molar-refractivity contribution is 7.90. The molecule has 32 heavy (non-hydrogen) atoms. The Bertz CT molecular complexity index is 1340. The molecule has 0 aliphatic carbocycles. The largest absolute Gasteiger partial charge is 0.468 e. The molecule has 168 valence electrons. The third kappa shape index (κ3) is 5.00. The molecule has 3 aromatic rings. The number of hydrogen-bond acceptors (Lipinski definition) is 8. The van der Waals surface area contributed by atoms with Crippen molar-refractivity contribution in [3.05, 3.63) is 52.8 Å². The number of amides is 1. The minimum Gasteiger partial charge on any atom is -0.468 e. The number of carbonyl (C=O) groups excluding carboxylic acids is 2. The molecular weight excluding hydrogens is 456 g/mol. The lowest BCUT2D eigenvalue weighted by molar-refractivity contribution is -0.141. The maximum Gasteiger partial charge on any atom is 0.325 e. The van der Waals surface area contributed by atoms with Crippen LogP contribution in [-0.4, -0.2) is 44.5 Å². The maximum atomic E-state index is 12.5. The molecule has 11 heteroatoms. The van der Waals surface area contributed by atoms with Gasteiger partial charge < -0.3 is 18.8 Å². The van der Waals surface area contributed by atoms with E-state index in [0.717, 1.165) is 4.70 Å². The first kappa shape index (κ1) is 22.0. The van der Waals surface area contributed by atoms with E-state index in [1.54, 1.807) is 47.0 Å². The Morgan fingerprint density at radius 2 is 1.88 bits per heavy atom. The second-order valence-electron chi connectivity index (χ2n) is 7.05. The van der Waals surface area contributed by atoms with E-state index < -0.39 is 21.7 Å². The number of rotatable bonds is 7. The fourth-order valence-electron chi connectivity index (χ4n) is 3.20. The van der Waals surface area contributed by atoms with E-state index in [9.17, 15) is 18.0 Å². The van der Waals surface area contributed by atoms with Crippen molar-refractivity contribution in [1.82, 2.24) is 4.57 Å². The molecule has 0 unspecified atom stereocenters. The Labute approximate surface area is 187 Å². The molecule has 0 radical (unpaired) electrons. The number of nitrogens with zero attached hydrogens (tertiary/aromatic N) is 2. The minimum atomic E-state index is -3.48. The number of methoxy groups -OCH3 is 1. The van der Waals surface area contributed by atoms with Crippen LogP contribution in [0, 0.1) is 0 Å². The smallest absolute Gasteiger partial charge is 0.325 e. The number of aromatic nitrogens is 1. The fraction of sp³-hybridized carbons (Fsp3) is 0.286. The molecule has 1 amide bonds. The van der Waals surface area contributed by atoms with Gasteiger partial charge in [-0.1, -0.05) is 41.7 Å². The van der Waals surface area contributed by atoms with Crippen molar-refractivity contribution in [2.24, 2.45) is 4.99 Å². The summed E-state index contributed by atoms with van der Waals surface area (Å²) in [4.78, 5) is 28.8. The first-order chi connectivity index (χ1) is 15.3. The third-order valence-corrected chi connectivity index (χ3v) is 7.41. The molecule has 1 aliphatic heterocycles. The van der Waals surface area contributed by atoms with Gasteiger partial charge >= 0.3 is 5.97 Å². The predicted octanol–water partition coefficient (Wildman–Crippen LogP) is 2.04. The van der Waals surface area contributed by atoms with E-state index in [-0.39, 0.29) is 36.1 Å². The third-order valence-electron chi connectivity index (χ3n) is 4.77. The van der Waals surface area contributed by atoms with Crippen molar-refractivity contribution < 1.29 is 32.2 Å². The highest BCUT2D eigenvalue weighted by atomic mass is 32.2. The van der Waals surface area contributed by atoms with Gasteiger partial charge in [0.15, 0.2) is 26.1 Å². The number of sulfone groups is 1. The monoisotopic (exact) mass is 476 g/mol. The van der Waals surface area contributed by atoms with E-state index in [1.807, 2.05) is 0 Å². The molecule has 1 aromatic heterocycles. The van der Waals surface area contributed by atoms with Crippen molar-refractivity contribution in [2.75, 3.05) is 19.7 Å². The maximum absolute atomic E-state index is 12.5. The molecule has 0 saturated heterocycles. The van der Waals surface area contributed by atoms with Crippen molar-refractivity contribution in [2.45, 2.75) is 18.7 Å². The van der Waals surface area contributed by atoms with Gasteiger partial charge in [-0.25, -0.2) is 8.42 Å². The van der Waals surface area contributed by atoms with Gasteiger partial charge in [0.25, 0.3) is 0 Å². The summed E-state index contributed by atoms with van der Waals surface area (Å²) >= 11 is 1.19. The van der Waals surface area contributed by atoms with Gasteiger partial charge in [0.05, 0.1) is 28.8 Å². The lowest BCUT2D eigenvalue weighted by atomic mass is 10.2. The van der Waals surface area contributed by atoms with Gasteiger partial charge in [-0.2, -0.15) is 4.99 Å². The number of carbonyl (C=O) groups is 2. The zero-order chi connectivity index (χ0) is 22.7. The van der Waals surface area contributed by atoms with E-state index in [2.05, 4.69) is 4.99 Å². The molecular formula is C21H20N2O7S2. The second-order valence-corrected chi connectivity index (χ2v) is 10.2. The number of hydrogen-bond donors (Lipinski definition) is 0. The van der Waals surface area contributed by atoms with Crippen LogP contribution in [0.4, 0.5) is 0 Å². The molecule has 2 aromatic carbocycles. The number of esters is 1. The molecule has 1 aliphatic rings. The molecule has 2 heterocycles. The molecule has 4 rings (SSSR count). The van der Waals surface area contributed by atoms with Crippen LogP contribution in [0.5, 0.6) is 11.5 Å². The topological polar surface area (TPSA) is 113 Å². The summed E-state index contributed by atoms with van der Waals surface area (Å²) in [7, 11) is -2.21. The molecule has 0 atom stereocenters. The van der Waals surface area contributed by atoms with Crippen LogP contribution in [0.2, 0.25) is 0 Å². The van der Waals surface area contributed by atoms with E-state index >= 15 is 0 Å². The quantitative estimate of drug-likeness (QED) is 0.480. The van der Waals surface area contributed by atoms with Crippen LogP contribution in [0.15, 0.2) is 47.5 Å². The molecule has 9 nitrogen and oxygen atoms in total. The van der Waals surface area contributed by atoms with Gasteiger partial charge in [-0.15, -0.1) is 0 Å². The summed E-state index contributed by atoms with van der Waals surface area (Å²) in [6.07, 6.45) is -0.260. The molecule has 0 N–H and O–H groups in total. The van der Waals surface area contributed by atoms with Crippen LogP contribution in [-0.2, 0) is 36.5 Å². The average Bonchev–Trinajstić information content (AvgIpc) is 3.35. The van der Waals surface area contributed by atoms with Gasteiger partial charge in [-0.05, 0) is 5.56 Å². The van der Waals surface area contributed by atoms with Gasteiger partial charge in [0.2, 0.25) is 12.7 Å². The molecule has 0 saturated carbocycles. The number of thiazole rings is 1. The van der Waals surface area contributed by atoms with Gasteiger partial charge in [-0.3, -0.25) is 9.59 Å². The summed E-state index contributed by atoms with van der Waals surface area (Å²) in [5.74, 6) is -0.471. The van der Waals surface area contributed by atoms with Gasteiger partial charge in [0, 0.05) is 18.6 Å². The van der Waals surface area contributed by atoms with Crippen molar-refractivity contribution in [3.63, 3.8) is 0 Å². The number of benzene rings is 2. The highest BCUT2D eigenvalue weighted by Crippen LogP contribution is 2.37. The lowest BCUT2D eigenvalue weighted by Crippen LogP contribution is -2.23. The normalized spacial score (nSPS) is 13.5. The van der Waals surface area contributed by atoms with Crippen LogP contribution in [0.25, 0.3) is 10.2 Å². The van der Waals surface area contributed by atoms with E-state index in [0.29, 0.717) is 22.6 Å². The first-order valence-electron chi connectivity index (χ1n) is 9.66. The molecule has 0 fully saturated rings. The Morgan fingerprint density at radius 3 is 2.59 bits per heavy atom. The fourth-order valence-corrected chi connectivity index (χ4v) is 5.58. The lowest BCUT2D eigenvalue weighted by Gasteiger charge is -2.05. The van der Waals surface area contributed by atoms with E-state index in [1.165, 1.54) is 18.4 Å². The zero-order valence-electron chi connectivity index (χ0n) is 17.1. The van der Waals surface area contributed by atoms with Crippen LogP contribution in [0.1, 0.15) is 12.0 Å². The standard InChI is InChI=1S/C21H20N2O7S2/c1-28-20(25)11-23-15-9-16-17(30-13-29-16)10-18(15)31-21(23)22-19(24)7-8-32(26,27)12-14-5-3-2-4-6-14/h2-6,9-10H,7-8,11-13H2,1H3. The van der Waals surface area contributed by atoms with Crippen molar-refractivity contribution in [3.8, 4) is 11.5 Å². The SMILES string of the molecule is COC(=O)Cn1c(=NC(=O)CCS(=O)(=O)Cc2ccccc2)sc2cc3c(cc21)OCO3. The summed E-state index contributed by atoms with van der Waals surface area (Å²) in [5.41, 5.74) is 1.29. The van der Waals surface area contributed by atoms with Crippen LogP contribution in [0.3, 0.4) is 0 Å². The predicted molar refractivity (Wildman–Crippen MR) is 117 cm³/mol. The summed E-state index contributed by atoms with van der Waals surface area (Å²) in [6, 6.07) is 12.2.